The molecule has 10 heteroatoms. The molecule has 0 unspecified atom stereocenters. The summed E-state index contributed by atoms with van der Waals surface area (Å²) in [7, 11) is -3.49. The molecule has 164 valence electrons. The van der Waals surface area contributed by atoms with Gasteiger partial charge in [0.15, 0.2) is 0 Å². The Morgan fingerprint density at radius 2 is 1.67 bits per heavy atom. The highest BCUT2D eigenvalue weighted by Crippen LogP contribution is 2.20. The van der Waals surface area contributed by atoms with Crippen molar-refractivity contribution in [3.63, 3.8) is 0 Å². The Balaban J connectivity index is 0.00000225. The predicted molar refractivity (Wildman–Crippen MR) is 126 cm³/mol. The first-order valence-corrected chi connectivity index (χ1v) is 10.7. The quantitative estimate of drug-likeness (QED) is 0.413. The van der Waals surface area contributed by atoms with Crippen molar-refractivity contribution in [3.8, 4) is 0 Å². The first kappa shape index (κ1) is 26.1. The SMILES string of the molecule is Cc1ccc(S(=O)(=O)NCCCNc2nc(CCN)nc3ccccc23)cc1.Cl.Cl. The maximum Gasteiger partial charge on any atom is 0.240 e. The van der Waals surface area contributed by atoms with Crippen molar-refractivity contribution in [1.82, 2.24) is 14.7 Å². The number of nitrogens with zero attached hydrogens (tertiary/aromatic N) is 2. The second-order valence-electron chi connectivity index (χ2n) is 6.54. The molecule has 2 aromatic carbocycles. The van der Waals surface area contributed by atoms with Crippen LogP contribution in [0.15, 0.2) is 53.4 Å². The van der Waals surface area contributed by atoms with Crippen LogP contribution in [0, 0.1) is 6.92 Å². The Kier molecular flexibility index (Phi) is 10.4. The Labute approximate surface area is 189 Å². The summed E-state index contributed by atoms with van der Waals surface area (Å²) in [4.78, 5) is 9.35. The molecule has 3 aromatic rings. The lowest BCUT2D eigenvalue weighted by atomic mass is 10.2. The van der Waals surface area contributed by atoms with E-state index in [1.165, 1.54) is 0 Å². The van der Waals surface area contributed by atoms with Crippen molar-refractivity contribution in [2.24, 2.45) is 5.73 Å². The zero-order valence-corrected chi connectivity index (χ0v) is 19.1. The zero-order valence-electron chi connectivity index (χ0n) is 16.7. The number of aryl methyl sites for hydroxylation is 1. The van der Waals surface area contributed by atoms with E-state index < -0.39 is 10.0 Å². The molecule has 1 aromatic heterocycles. The summed E-state index contributed by atoms with van der Waals surface area (Å²) in [5.41, 5.74) is 7.51. The first-order chi connectivity index (χ1) is 13.5. The molecule has 0 spiro atoms. The summed E-state index contributed by atoms with van der Waals surface area (Å²) in [6.45, 7) is 3.32. The fourth-order valence-electron chi connectivity index (χ4n) is 2.80. The van der Waals surface area contributed by atoms with Crippen molar-refractivity contribution in [2.45, 2.75) is 24.7 Å². The Morgan fingerprint density at radius 3 is 2.37 bits per heavy atom. The summed E-state index contributed by atoms with van der Waals surface area (Å²) in [6.07, 6.45) is 1.23. The monoisotopic (exact) mass is 471 g/mol. The highest BCUT2D eigenvalue weighted by Gasteiger charge is 2.12. The topological polar surface area (TPSA) is 110 Å². The highest BCUT2D eigenvalue weighted by atomic mass is 35.5. The molecular weight excluding hydrogens is 445 g/mol. The van der Waals surface area contributed by atoms with E-state index in [9.17, 15) is 8.42 Å². The second-order valence-corrected chi connectivity index (χ2v) is 8.30. The molecule has 1 heterocycles. The van der Waals surface area contributed by atoms with E-state index >= 15 is 0 Å². The Bertz CT molecular complexity index is 1050. The molecule has 0 aliphatic rings. The third-order valence-electron chi connectivity index (χ3n) is 4.29. The van der Waals surface area contributed by atoms with E-state index in [4.69, 9.17) is 5.73 Å². The van der Waals surface area contributed by atoms with Gasteiger partial charge in [0.1, 0.15) is 11.6 Å². The average molecular weight is 472 g/mol. The van der Waals surface area contributed by atoms with E-state index in [2.05, 4.69) is 20.0 Å². The number of hydrogen-bond acceptors (Lipinski definition) is 6. The number of aromatic nitrogens is 2. The highest BCUT2D eigenvalue weighted by molar-refractivity contribution is 7.89. The summed E-state index contributed by atoms with van der Waals surface area (Å²) < 4.78 is 27.2. The molecule has 0 bridgehead atoms. The standard InChI is InChI=1S/C20H25N5O2S.2ClH/c1-15-7-9-16(10-8-15)28(26,27)23-14-4-13-22-20-17-5-2-3-6-18(17)24-19(25-20)11-12-21;;/h2-3,5-10,23H,4,11-14,21H2,1H3,(H,22,24,25);2*1H. The van der Waals surface area contributed by atoms with E-state index in [0.29, 0.717) is 38.3 Å². The number of benzene rings is 2. The summed E-state index contributed by atoms with van der Waals surface area (Å²) in [5.74, 6) is 1.44. The van der Waals surface area contributed by atoms with Crippen LogP contribution in [-0.2, 0) is 16.4 Å². The van der Waals surface area contributed by atoms with Gasteiger partial charge in [0.25, 0.3) is 0 Å². The smallest absolute Gasteiger partial charge is 0.240 e. The van der Waals surface area contributed by atoms with Gasteiger partial charge in [-0.05, 0) is 44.2 Å². The normalized spacial score (nSPS) is 10.9. The maximum atomic E-state index is 12.3. The second kappa shape index (κ2) is 12.0. The minimum absolute atomic E-state index is 0. The largest absolute Gasteiger partial charge is 0.369 e. The van der Waals surface area contributed by atoms with Crippen molar-refractivity contribution in [1.29, 1.82) is 0 Å². The number of rotatable bonds is 9. The van der Waals surface area contributed by atoms with E-state index in [1.807, 2.05) is 31.2 Å². The third-order valence-corrected chi connectivity index (χ3v) is 5.76. The summed E-state index contributed by atoms with van der Waals surface area (Å²) in [5, 5.41) is 4.23. The van der Waals surface area contributed by atoms with Crippen molar-refractivity contribution >= 4 is 51.6 Å². The lowest BCUT2D eigenvalue weighted by Gasteiger charge is -2.11. The van der Waals surface area contributed by atoms with Crippen LogP contribution >= 0.6 is 24.8 Å². The molecular formula is C20H27Cl2N5O2S. The van der Waals surface area contributed by atoms with E-state index in [-0.39, 0.29) is 29.7 Å². The fraction of sp³-hybridized carbons (Fsp3) is 0.300. The van der Waals surface area contributed by atoms with Gasteiger partial charge in [-0.15, -0.1) is 24.8 Å². The maximum absolute atomic E-state index is 12.3. The molecule has 0 saturated heterocycles. The van der Waals surface area contributed by atoms with Gasteiger partial charge in [-0.1, -0.05) is 29.8 Å². The van der Waals surface area contributed by atoms with Crippen molar-refractivity contribution in [2.75, 3.05) is 25.0 Å². The number of fused-ring (bicyclic) bond motifs is 1. The van der Waals surface area contributed by atoms with Crippen LogP contribution in [0.1, 0.15) is 17.8 Å². The first-order valence-electron chi connectivity index (χ1n) is 9.25. The molecule has 0 saturated carbocycles. The number of halogens is 2. The summed E-state index contributed by atoms with van der Waals surface area (Å²) in [6, 6.07) is 14.6. The van der Waals surface area contributed by atoms with Crippen LogP contribution in [0.25, 0.3) is 10.9 Å². The van der Waals surface area contributed by atoms with Crippen LogP contribution in [0.5, 0.6) is 0 Å². The van der Waals surface area contributed by atoms with Gasteiger partial charge in [-0.25, -0.2) is 23.1 Å². The van der Waals surface area contributed by atoms with Gasteiger partial charge in [-0.3, -0.25) is 0 Å². The molecule has 7 nitrogen and oxygen atoms in total. The lowest BCUT2D eigenvalue weighted by Crippen LogP contribution is -2.26. The number of nitrogens with one attached hydrogen (secondary N) is 2. The van der Waals surface area contributed by atoms with Crippen LogP contribution in [0.2, 0.25) is 0 Å². The predicted octanol–water partition coefficient (Wildman–Crippen LogP) is 3.06. The van der Waals surface area contributed by atoms with Crippen LogP contribution in [0.4, 0.5) is 5.82 Å². The van der Waals surface area contributed by atoms with E-state index in [0.717, 1.165) is 22.3 Å². The van der Waals surface area contributed by atoms with Gasteiger partial charge in [0, 0.05) is 24.9 Å². The average Bonchev–Trinajstić information content (AvgIpc) is 2.68. The van der Waals surface area contributed by atoms with Crippen LogP contribution in [-0.4, -0.2) is 38.0 Å². The van der Waals surface area contributed by atoms with Gasteiger partial charge < -0.3 is 11.1 Å². The molecule has 30 heavy (non-hydrogen) atoms. The minimum atomic E-state index is -3.49. The van der Waals surface area contributed by atoms with Crippen LogP contribution < -0.4 is 15.8 Å². The van der Waals surface area contributed by atoms with Crippen molar-refractivity contribution < 1.29 is 8.42 Å². The molecule has 0 atom stereocenters. The Morgan fingerprint density at radius 1 is 0.967 bits per heavy atom. The van der Waals surface area contributed by atoms with Crippen molar-refractivity contribution in [3.05, 3.63) is 59.9 Å². The number of sulfonamides is 1. The number of nitrogens with two attached hydrogens (primary N) is 1. The molecule has 0 amide bonds. The van der Waals surface area contributed by atoms with Gasteiger partial charge in [0.05, 0.1) is 10.4 Å². The number of hydrogen-bond donors (Lipinski definition) is 3. The fourth-order valence-corrected chi connectivity index (χ4v) is 3.88. The molecule has 0 aliphatic heterocycles. The van der Waals surface area contributed by atoms with Gasteiger partial charge >= 0.3 is 0 Å². The minimum Gasteiger partial charge on any atom is -0.369 e. The van der Waals surface area contributed by atoms with Gasteiger partial charge in [-0.2, -0.15) is 0 Å². The van der Waals surface area contributed by atoms with Crippen LogP contribution in [0.3, 0.4) is 0 Å². The Hall–Kier alpha value is -1.97. The van der Waals surface area contributed by atoms with Gasteiger partial charge in [0.2, 0.25) is 10.0 Å². The molecule has 4 N–H and O–H groups in total. The molecule has 0 aliphatic carbocycles. The number of para-hydroxylation sites is 1. The lowest BCUT2D eigenvalue weighted by molar-refractivity contribution is 0.580. The molecule has 0 fully saturated rings. The summed E-state index contributed by atoms with van der Waals surface area (Å²) >= 11 is 0. The van der Waals surface area contributed by atoms with E-state index in [1.54, 1.807) is 24.3 Å². The number of anilines is 1. The molecule has 3 rings (SSSR count). The molecule has 0 radical (unpaired) electrons. The zero-order chi connectivity index (χ0) is 20.0. The third kappa shape index (κ3) is 6.78.